The largest absolute Gasteiger partial charge is 0.490 e. The first-order valence-electron chi connectivity index (χ1n) is 6.93. The van der Waals surface area contributed by atoms with Gasteiger partial charge in [-0.3, -0.25) is 4.79 Å². The van der Waals surface area contributed by atoms with Crippen molar-refractivity contribution in [2.75, 3.05) is 19.8 Å². The van der Waals surface area contributed by atoms with Gasteiger partial charge in [-0.1, -0.05) is 6.07 Å². The van der Waals surface area contributed by atoms with Crippen molar-refractivity contribution in [3.05, 3.63) is 23.8 Å². The van der Waals surface area contributed by atoms with Gasteiger partial charge in [-0.05, 0) is 44.9 Å². The normalized spacial score (nSPS) is 11.2. The molecule has 5 nitrogen and oxygen atoms in total. The zero-order valence-corrected chi connectivity index (χ0v) is 13.6. The van der Waals surface area contributed by atoms with Crippen molar-refractivity contribution in [3.63, 3.8) is 0 Å². The first-order chi connectivity index (χ1) is 9.62. The minimum absolute atomic E-state index is 0. The second-order valence-electron chi connectivity index (χ2n) is 4.21. The van der Waals surface area contributed by atoms with Crippen LogP contribution < -0.4 is 15.2 Å². The highest BCUT2D eigenvalue weighted by atomic mass is 35.5. The van der Waals surface area contributed by atoms with Crippen LogP contribution in [0.1, 0.15) is 26.3 Å². The fourth-order valence-electron chi connectivity index (χ4n) is 1.81. The van der Waals surface area contributed by atoms with Crippen LogP contribution in [0.3, 0.4) is 0 Å². The van der Waals surface area contributed by atoms with Gasteiger partial charge in [0, 0.05) is 0 Å². The quantitative estimate of drug-likeness (QED) is 0.745. The molecule has 0 saturated heterocycles. The lowest BCUT2D eigenvalue weighted by Gasteiger charge is -2.14. The standard InChI is InChI=1S/C15H23NO4.ClH/c1-4-18-13-8-7-11(10-14(13)19-5-2)9-12(16)15(17)20-6-3;/h7-8,10,12H,4-6,9,16H2,1-3H3;1H. The summed E-state index contributed by atoms with van der Waals surface area (Å²) in [6, 6.07) is 4.91. The topological polar surface area (TPSA) is 70.8 Å². The fraction of sp³-hybridized carbons (Fsp3) is 0.533. The summed E-state index contributed by atoms with van der Waals surface area (Å²) < 4.78 is 15.9. The van der Waals surface area contributed by atoms with Gasteiger partial charge in [-0.15, -0.1) is 12.4 Å². The van der Waals surface area contributed by atoms with Crippen LogP contribution in [0.4, 0.5) is 0 Å². The number of carbonyl (C=O) groups is 1. The third kappa shape index (κ3) is 6.23. The maximum atomic E-state index is 11.5. The van der Waals surface area contributed by atoms with E-state index in [2.05, 4.69) is 0 Å². The molecule has 2 N–H and O–H groups in total. The zero-order valence-electron chi connectivity index (χ0n) is 12.8. The Bertz CT molecular complexity index is 440. The number of rotatable bonds is 8. The van der Waals surface area contributed by atoms with Crippen molar-refractivity contribution in [2.24, 2.45) is 5.73 Å². The number of hydrogen-bond donors (Lipinski definition) is 1. The average molecular weight is 318 g/mol. The molecule has 6 heteroatoms. The highest BCUT2D eigenvalue weighted by Crippen LogP contribution is 2.28. The molecule has 0 bridgehead atoms. The molecule has 0 aliphatic carbocycles. The Balaban J connectivity index is 0.00000400. The molecule has 1 aromatic carbocycles. The Hall–Kier alpha value is -1.46. The van der Waals surface area contributed by atoms with Crippen LogP contribution in [0, 0.1) is 0 Å². The van der Waals surface area contributed by atoms with E-state index in [4.69, 9.17) is 19.9 Å². The fourth-order valence-corrected chi connectivity index (χ4v) is 1.81. The second-order valence-corrected chi connectivity index (χ2v) is 4.21. The molecule has 0 aliphatic heterocycles. The SMILES string of the molecule is CCOC(=O)C(N)Cc1ccc(OCC)c(OCC)c1.Cl. The summed E-state index contributed by atoms with van der Waals surface area (Å²) in [6.07, 6.45) is 0.408. The molecule has 0 aliphatic rings. The molecule has 21 heavy (non-hydrogen) atoms. The highest BCUT2D eigenvalue weighted by molar-refractivity contribution is 5.85. The Morgan fingerprint density at radius 1 is 1.10 bits per heavy atom. The van der Waals surface area contributed by atoms with Crippen molar-refractivity contribution in [3.8, 4) is 11.5 Å². The van der Waals surface area contributed by atoms with Gasteiger partial charge in [0.2, 0.25) is 0 Å². The maximum Gasteiger partial charge on any atom is 0.323 e. The summed E-state index contributed by atoms with van der Waals surface area (Å²) in [7, 11) is 0. The molecule has 0 aromatic heterocycles. The van der Waals surface area contributed by atoms with Gasteiger partial charge in [-0.2, -0.15) is 0 Å². The molecule has 0 spiro atoms. The predicted octanol–water partition coefficient (Wildman–Crippen LogP) is 2.34. The van der Waals surface area contributed by atoms with E-state index in [9.17, 15) is 4.79 Å². The van der Waals surface area contributed by atoms with E-state index in [1.54, 1.807) is 6.92 Å². The smallest absolute Gasteiger partial charge is 0.323 e. The third-order valence-corrected chi connectivity index (χ3v) is 2.65. The van der Waals surface area contributed by atoms with E-state index >= 15 is 0 Å². The van der Waals surface area contributed by atoms with Crippen LogP contribution >= 0.6 is 12.4 Å². The molecule has 1 aromatic rings. The monoisotopic (exact) mass is 317 g/mol. The highest BCUT2D eigenvalue weighted by Gasteiger charge is 2.16. The molecule has 0 radical (unpaired) electrons. The summed E-state index contributed by atoms with van der Waals surface area (Å²) >= 11 is 0. The molecule has 0 fully saturated rings. The van der Waals surface area contributed by atoms with Crippen LogP contribution in [0.5, 0.6) is 11.5 Å². The summed E-state index contributed by atoms with van der Waals surface area (Å²) in [4.78, 5) is 11.5. The molecule has 0 amide bonds. The third-order valence-electron chi connectivity index (χ3n) is 2.65. The van der Waals surface area contributed by atoms with Gasteiger partial charge in [-0.25, -0.2) is 0 Å². The van der Waals surface area contributed by atoms with Gasteiger partial charge in [0.15, 0.2) is 11.5 Å². The van der Waals surface area contributed by atoms with Crippen LogP contribution in [-0.2, 0) is 16.0 Å². The van der Waals surface area contributed by atoms with Gasteiger partial charge in [0.1, 0.15) is 6.04 Å². The number of esters is 1. The summed E-state index contributed by atoms with van der Waals surface area (Å²) in [5.41, 5.74) is 6.72. The summed E-state index contributed by atoms with van der Waals surface area (Å²) in [5.74, 6) is 0.977. The van der Waals surface area contributed by atoms with Crippen LogP contribution in [0.15, 0.2) is 18.2 Å². The van der Waals surface area contributed by atoms with Crippen LogP contribution in [0.25, 0.3) is 0 Å². The van der Waals surface area contributed by atoms with E-state index in [1.807, 2.05) is 32.0 Å². The van der Waals surface area contributed by atoms with E-state index in [-0.39, 0.29) is 18.4 Å². The van der Waals surface area contributed by atoms with Crippen LogP contribution in [-0.4, -0.2) is 31.8 Å². The van der Waals surface area contributed by atoms with Crippen molar-refractivity contribution in [2.45, 2.75) is 33.2 Å². The lowest BCUT2D eigenvalue weighted by molar-refractivity contribution is -0.144. The molecular formula is C15H24ClNO4. The Kier molecular flexibility index (Phi) is 9.58. The van der Waals surface area contributed by atoms with Crippen molar-refractivity contribution in [1.29, 1.82) is 0 Å². The number of ether oxygens (including phenoxy) is 3. The molecule has 1 rings (SSSR count). The second kappa shape index (κ2) is 10.3. The molecule has 1 atom stereocenters. The average Bonchev–Trinajstić information content (AvgIpc) is 2.42. The number of halogens is 1. The minimum Gasteiger partial charge on any atom is -0.490 e. The number of benzene rings is 1. The molecule has 120 valence electrons. The van der Waals surface area contributed by atoms with Crippen molar-refractivity contribution >= 4 is 18.4 Å². The molecule has 0 saturated carbocycles. The maximum absolute atomic E-state index is 11.5. The van der Waals surface area contributed by atoms with Gasteiger partial charge < -0.3 is 19.9 Å². The first kappa shape index (κ1) is 19.5. The van der Waals surface area contributed by atoms with Crippen molar-refractivity contribution in [1.82, 2.24) is 0 Å². The van der Waals surface area contributed by atoms with E-state index in [0.29, 0.717) is 37.7 Å². The Morgan fingerprint density at radius 3 is 2.29 bits per heavy atom. The Morgan fingerprint density at radius 2 is 1.71 bits per heavy atom. The summed E-state index contributed by atoms with van der Waals surface area (Å²) in [6.45, 7) is 7.04. The van der Waals surface area contributed by atoms with Gasteiger partial charge >= 0.3 is 5.97 Å². The van der Waals surface area contributed by atoms with E-state index < -0.39 is 6.04 Å². The zero-order chi connectivity index (χ0) is 15.0. The summed E-state index contributed by atoms with van der Waals surface area (Å²) in [5, 5.41) is 0. The number of nitrogens with two attached hydrogens (primary N) is 1. The first-order valence-corrected chi connectivity index (χ1v) is 6.93. The van der Waals surface area contributed by atoms with Gasteiger partial charge in [0.05, 0.1) is 19.8 Å². The van der Waals surface area contributed by atoms with E-state index in [0.717, 1.165) is 5.56 Å². The van der Waals surface area contributed by atoms with Crippen LogP contribution in [0.2, 0.25) is 0 Å². The van der Waals surface area contributed by atoms with Crippen molar-refractivity contribution < 1.29 is 19.0 Å². The van der Waals surface area contributed by atoms with Gasteiger partial charge in [0.25, 0.3) is 0 Å². The predicted molar refractivity (Wildman–Crippen MR) is 84.3 cm³/mol. The number of carbonyl (C=O) groups excluding carboxylic acids is 1. The molecular weight excluding hydrogens is 294 g/mol. The molecule has 1 unspecified atom stereocenters. The minimum atomic E-state index is -0.664. The molecule has 0 heterocycles. The van der Waals surface area contributed by atoms with E-state index in [1.165, 1.54) is 0 Å². The Labute approximate surface area is 132 Å². The lowest BCUT2D eigenvalue weighted by Crippen LogP contribution is -2.34. The lowest BCUT2D eigenvalue weighted by atomic mass is 10.1. The number of hydrogen-bond acceptors (Lipinski definition) is 5.